The van der Waals surface area contributed by atoms with Crippen LogP contribution in [0.1, 0.15) is 43.2 Å². The number of carboxylic acid groups (broad SMARTS) is 1. The van der Waals surface area contributed by atoms with Gasteiger partial charge in [-0.1, -0.05) is 48.5 Å². The van der Waals surface area contributed by atoms with Crippen molar-refractivity contribution in [2.24, 2.45) is 0 Å². The molecular formula is C26H30N2O6. The zero-order valence-corrected chi connectivity index (χ0v) is 19.5. The maximum atomic E-state index is 12.6. The van der Waals surface area contributed by atoms with Gasteiger partial charge >= 0.3 is 12.1 Å². The van der Waals surface area contributed by atoms with Crippen molar-refractivity contribution in [1.29, 1.82) is 0 Å². The molecule has 0 aromatic heterocycles. The molecular weight excluding hydrogens is 436 g/mol. The van der Waals surface area contributed by atoms with E-state index in [0.717, 1.165) is 22.3 Å². The minimum absolute atomic E-state index is 0.0290. The van der Waals surface area contributed by atoms with Gasteiger partial charge in [-0.25, -0.2) is 9.59 Å². The lowest BCUT2D eigenvalue weighted by Gasteiger charge is -2.38. The Morgan fingerprint density at radius 3 is 2.15 bits per heavy atom. The number of piperidine rings is 1. The highest BCUT2D eigenvalue weighted by molar-refractivity contribution is 5.81. The van der Waals surface area contributed by atoms with Crippen LogP contribution in [0.5, 0.6) is 0 Å². The van der Waals surface area contributed by atoms with Gasteiger partial charge in [-0.3, -0.25) is 4.79 Å². The van der Waals surface area contributed by atoms with Gasteiger partial charge in [-0.15, -0.1) is 0 Å². The highest BCUT2D eigenvalue weighted by atomic mass is 16.5. The number of carboxylic acids is 1. The zero-order chi connectivity index (χ0) is 24.3. The van der Waals surface area contributed by atoms with Crippen LogP contribution in [0.3, 0.4) is 0 Å². The summed E-state index contributed by atoms with van der Waals surface area (Å²) in [6.45, 7) is 2.56. The Bertz CT molecular complexity index is 1030. The quantitative estimate of drug-likeness (QED) is 0.648. The summed E-state index contributed by atoms with van der Waals surface area (Å²) in [4.78, 5) is 38.2. The molecule has 2 amide bonds. The molecule has 2 aliphatic rings. The molecule has 4 rings (SSSR count). The van der Waals surface area contributed by atoms with Crippen molar-refractivity contribution in [3.05, 3.63) is 59.7 Å². The minimum Gasteiger partial charge on any atom is -0.479 e. The summed E-state index contributed by atoms with van der Waals surface area (Å²) in [5.74, 6) is -1.17. The second kappa shape index (κ2) is 9.85. The molecule has 0 spiro atoms. The molecule has 180 valence electrons. The smallest absolute Gasteiger partial charge is 0.407 e. The second-order valence-corrected chi connectivity index (χ2v) is 8.96. The molecule has 1 atom stereocenters. The first-order chi connectivity index (χ1) is 16.3. The maximum Gasteiger partial charge on any atom is 0.407 e. The highest BCUT2D eigenvalue weighted by Gasteiger charge is 2.42. The van der Waals surface area contributed by atoms with Crippen LogP contribution in [0, 0.1) is 0 Å². The molecule has 0 saturated carbocycles. The van der Waals surface area contributed by atoms with Gasteiger partial charge in [0.25, 0.3) is 0 Å². The largest absolute Gasteiger partial charge is 0.479 e. The Morgan fingerprint density at radius 1 is 1.06 bits per heavy atom. The fraction of sp³-hybridized carbons (Fsp3) is 0.423. The van der Waals surface area contributed by atoms with Crippen molar-refractivity contribution in [2.75, 3.05) is 26.8 Å². The van der Waals surface area contributed by atoms with Gasteiger partial charge in [0.1, 0.15) is 6.61 Å². The van der Waals surface area contributed by atoms with E-state index in [1.54, 1.807) is 11.8 Å². The fourth-order valence-corrected chi connectivity index (χ4v) is 4.91. The second-order valence-electron chi connectivity index (χ2n) is 8.96. The summed E-state index contributed by atoms with van der Waals surface area (Å²) < 4.78 is 10.8. The summed E-state index contributed by atoms with van der Waals surface area (Å²) in [5, 5.41) is 12.1. The van der Waals surface area contributed by atoms with Crippen molar-refractivity contribution in [3.63, 3.8) is 0 Å². The maximum absolute atomic E-state index is 12.6. The van der Waals surface area contributed by atoms with Crippen molar-refractivity contribution >= 4 is 18.0 Å². The number of rotatable bonds is 7. The molecule has 1 fully saturated rings. The minimum atomic E-state index is -1.23. The number of alkyl carbamates (subject to hydrolysis) is 1. The molecule has 2 aromatic carbocycles. The summed E-state index contributed by atoms with van der Waals surface area (Å²) >= 11 is 0. The monoisotopic (exact) mass is 466 g/mol. The Balaban J connectivity index is 1.27. The van der Waals surface area contributed by atoms with Crippen LogP contribution < -0.4 is 5.32 Å². The zero-order valence-electron chi connectivity index (χ0n) is 19.5. The van der Waals surface area contributed by atoms with E-state index in [1.165, 1.54) is 7.11 Å². The Morgan fingerprint density at radius 2 is 1.62 bits per heavy atom. The molecule has 8 nitrogen and oxygen atoms in total. The topological polar surface area (TPSA) is 105 Å². The van der Waals surface area contributed by atoms with E-state index in [4.69, 9.17) is 9.47 Å². The molecule has 0 unspecified atom stereocenters. The average molecular weight is 467 g/mol. The van der Waals surface area contributed by atoms with Crippen molar-refractivity contribution in [1.82, 2.24) is 10.2 Å². The van der Waals surface area contributed by atoms with Gasteiger partial charge in [0.2, 0.25) is 5.91 Å². The van der Waals surface area contributed by atoms with E-state index < -0.39 is 23.7 Å². The Hall–Kier alpha value is -3.39. The number of ether oxygens (including phenoxy) is 2. The highest BCUT2D eigenvalue weighted by Crippen LogP contribution is 2.44. The van der Waals surface area contributed by atoms with Gasteiger partial charge in [-0.2, -0.15) is 0 Å². The Labute approximate surface area is 198 Å². The van der Waals surface area contributed by atoms with E-state index in [-0.39, 0.29) is 37.7 Å². The summed E-state index contributed by atoms with van der Waals surface area (Å²) in [6.07, 6.45) is 0.0134. The standard InChI is InChI=1S/C26H30N2O6/c1-17(15-23(29)28-13-11-26(33-2,12-14-28)24(30)31)27-25(32)34-16-22-20-9-5-3-7-18(20)19-8-4-6-10-21(19)22/h3-10,17,22H,11-16H2,1-2H3,(H,27,32)(H,30,31)/t17-/m1/s1. The number of carbonyl (C=O) groups excluding carboxylic acids is 2. The van der Waals surface area contributed by atoms with Crippen LogP contribution in [-0.2, 0) is 19.1 Å². The van der Waals surface area contributed by atoms with E-state index in [0.29, 0.717) is 13.1 Å². The van der Waals surface area contributed by atoms with Crippen LogP contribution in [0.15, 0.2) is 48.5 Å². The van der Waals surface area contributed by atoms with E-state index >= 15 is 0 Å². The third-order valence-corrected chi connectivity index (χ3v) is 6.89. The Kier molecular flexibility index (Phi) is 6.88. The van der Waals surface area contributed by atoms with E-state index in [1.807, 2.05) is 24.3 Å². The molecule has 1 aliphatic carbocycles. The molecule has 2 aromatic rings. The number of fused-ring (bicyclic) bond motifs is 3. The normalized spacial score (nSPS) is 17.4. The summed E-state index contributed by atoms with van der Waals surface area (Å²) in [7, 11) is 1.38. The van der Waals surface area contributed by atoms with Crippen molar-refractivity contribution in [2.45, 2.75) is 43.7 Å². The number of nitrogens with one attached hydrogen (secondary N) is 1. The molecule has 1 saturated heterocycles. The summed E-state index contributed by atoms with van der Waals surface area (Å²) in [5.41, 5.74) is 3.36. The first kappa shape index (κ1) is 23.8. The molecule has 1 heterocycles. The number of methoxy groups -OCH3 is 1. The average Bonchev–Trinajstić information content (AvgIpc) is 3.16. The first-order valence-electron chi connectivity index (χ1n) is 11.5. The van der Waals surface area contributed by atoms with Crippen molar-refractivity contribution < 1.29 is 29.0 Å². The molecule has 8 heteroatoms. The molecule has 0 bridgehead atoms. The summed E-state index contributed by atoms with van der Waals surface area (Å²) in [6, 6.07) is 15.8. The number of carbonyl (C=O) groups is 3. The number of hydrogen-bond acceptors (Lipinski definition) is 5. The number of nitrogens with zero attached hydrogens (tertiary/aromatic N) is 1. The number of aliphatic carboxylic acids is 1. The number of benzene rings is 2. The van der Waals surface area contributed by atoms with Gasteiger partial charge in [0, 0.05) is 51.4 Å². The number of likely N-dealkylation sites (tertiary alicyclic amines) is 1. The molecule has 34 heavy (non-hydrogen) atoms. The molecule has 0 radical (unpaired) electrons. The van der Waals surface area contributed by atoms with Crippen LogP contribution in [0.2, 0.25) is 0 Å². The molecule has 1 aliphatic heterocycles. The first-order valence-corrected chi connectivity index (χ1v) is 11.5. The van der Waals surface area contributed by atoms with Crippen LogP contribution >= 0.6 is 0 Å². The van der Waals surface area contributed by atoms with Gasteiger partial charge in [0.05, 0.1) is 0 Å². The SMILES string of the molecule is COC1(C(=O)O)CCN(C(=O)C[C@@H](C)NC(=O)OCC2c3ccccc3-c3ccccc32)CC1. The number of amides is 2. The predicted molar refractivity (Wildman–Crippen MR) is 125 cm³/mol. The van der Waals surface area contributed by atoms with Crippen LogP contribution in [-0.4, -0.2) is 66.4 Å². The van der Waals surface area contributed by atoms with Crippen molar-refractivity contribution in [3.8, 4) is 11.1 Å². The van der Waals surface area contributed by atoms with Crippen LogP contribution in [0.4, 0.5) is 4.79 Å². The molecule has 2 N–H and O–H groups in total. The van der Waals surface area contributed by atoms with Gasteiger partial charge < -0.3 is 24.8 Å². The lowest BCUT2D eigenvalue weighted by molar-refractivity contribution is -0.170. The number of hydrogen-bond donors (Lipinski definition) is 2. The van der Waals surface area contributed by atoms with E-state index in [9.17, 15) is 19.5 Å². The third kappa shape index (κ3) is 4.63. The third-order valence-electron chi connectivity index (χ3n) is 6.89. The van der Waals surface area contributed by atoms with E-state index in [2.05, 4.69) is 29.6 Å². The lowest BCUT2D eigenvalue weighted by Crippen LogP contribution is -2.52. The van der Waals surface area contributed by atoms with Gasteiger partial charge in [0.15, 0.2) is 5.60 Å². The predicted octanol–water partition coefficient (Wildman–Crippen LogP) is 3.40. The van der Waals surface area contributed by atoms with Crippen LogP contribution in [0.25, 0.3) is 11.1 Å². The van der Waals surface area contributed by atoms with Gasteiger partial charge in [-0.05, 0) is 29.2 Å². The fourth-order valence-electron chi connectivity index (χ4n) is 4.91. The lowest BCUT2D eigenvalue weighted by atomic mass is 9.91.